The molecule has 0 heteroatoms. The summed E-state index contributed by atoms with van der Waals surface area (Å²) in [6.45, 7) is 6.33. The van der Waals surface area contributed by atoms with E-state index in [0.717, 1.165) is 6.42 Å². The summed E-state index contributed by atoms with van der Waals surface area (Å²) < 4.78 is 0. The lowest BCUT2D eigenvalue weighted by molar-refractivity contribution is 1.13. The molecular weight excluding hydrogens is 168 g/mol. The average molecular weight is 186 g/mol. The fraction of sp³-hybridized carbons (Fsp3) is 0.286. The van der Waals surface area contributed by atoms with Crippen LogP contribution < -0.4 is 0 Å². The molecule has 0 aliphatic carbocycles. The number of rotatable bonds is 3. The molecule has 0 atom stereocenters. The second-order valence-corrected chi connectivity index (χ2v) is 3.25. The minimum atomic E-state index is 1.09. The van der Waals surface area contributed by atoms with Gasteiger partial charge in [0.25, 0.3) is 0 Å². The van der Waals surface area contributed by atoms with Crippen molar-refractivity contribution in [1.82, 2.24) is 0 Å². The van der Waals surface area contributed by atoms with Crippen molar-refractivity contribution in [3.8, 4) is 0 Å². The van der Waals surface area contributed by atoms with E-state index in [2.05, 4.69) is 63.3 Å². The Morgan fingerprint density at radius 2 is 1.93 bits per heavy atom. The highest BCUT2D eigenvalue weighted by atomic mass is 14.1. The maximum Gasteiger partial charge on any atom is -0.0155 e. The Kier molecular flexibility index (Phi) is 4.18. The highest BCUT2D eigenvalue weighted by Gasteiger charge is 2.01. The third kappa shape index (κ3) is 2.35. The highest BCUT2D eigenvalue weighted by molar-refractivity contribution is 5.75. The van der Waals surface area contributed by atoms with E-state index in [1.165, 1.54) is 16.7 Å². The van der Waals surface area contributed by atoms with Crippen LogP contribution in [-0.4, -0.2) is 0 Å². The number of hydrogen-bond acceptors (Lipinski definition) is 0. The standard InChI is InChI=1S/C14H18/c1-4-9-12(5-2)14-11-8-7-10-13(14)6-3/h4-5,7-11H,6H2,1-3H3/b9-4-,12-5+. The van der Waals surface area contributed by atoms with Gasteiger partial charge in [0.2, 0.25) is 0 Å². The number of allylic oxidation sites excluding steroid dienone is 4. The summed E-state index contributed by atoms with van der Waals surface area (Å²) in [7, 11) is 0. The van der Waals surface area contributed by atoms with Crippen molar-refractivity contribution in [2.24, 2.45) is 0 Å². The molecule has 0 unspecified atom stereocenters. The van der Waals surface area contributed by atoms with E-state index in [9.17, 15) is 0 Å². The maximum atomic E-state index is 2.20. The molecule has 0 saturated carbocycles. The quantitative estimate of drug-likeness (QED) is 0.620. The smallest absolute Gasteiger partial charge is 0.0155 e. The molecule has 0 heterocycles. The molecule has 0 radical (unpaired) electrons. The lowest BCUT2D eigenvalue weighted by Gasteiger charge is -2.07. The Morgan fingerprint density at radius 3 is 2.50 bits per heavy atom. The molecule has 0 aliphatic rings. The van der Waals surface area contributed by atoms with E-state index in [4.69, 9.17) is 0 Å². The van der Waals surface area contributed by atoms with E-state index in [0.29, 0.717) is 0 Å². The van der Waals surface area contributed by atoms with Crippen LogP contribution in [0.3, 0.4) is 0 Å². The zero-order valence-corrected chi connectivity index (χ0v) is 9.25. The molecule has 1 rings (SSSR count). The zero-order valence-electron chi connectivity index (χ0n) is 9.25. The van der Waals surface area contributed by atoms with Crippen LogP contribution in [-0.2, 0) is 6.42 Å². The topological polar surface area (TPSA) is 0 Å². The van der Waals surface area contributed by atoms with Gasteiger partial charge >= 0.3 is 0 Å². The van der Waals surface area contributed by atoms with Gasteiger partial charge in [-0.05, 0) is 37.0 Å². The van der Waals surface area contributed by atoms with Gasteiger partial charge in [-0.2, -0.15) is 0 Å². The summed E-state index contributed by atoms with van der Waals surface area (Å²) in [6, 6.07) is 8.59. The van der Waals surface area contributed by atoms with Gasteiger partial charge in [-0.1, -0.05) is 49.4 Å². The fourth-order valence-electron chi connectivity index (χ4n) is 1.63. The van der Waals surface area contributed by atoms with Crippen molar-refractivity contribution in [3.63, 3.8) is 0 Å². The van der Waals surface area contributed by atoms with Gasteiger partial charge in [0, 0.05) is 0 Å². The maximum absolute atomic E-state index is 2.20. The Labute approximate surface area is 87.0 Å². The van der Waals surface area contributed by atoms with Gasteiger partial charge in [0.1, 0.15) is 0 Å². The third-order valence-corrected chi connectivity index (χ3v) is 2.37. The fourth-order valence-corrected chi connectivity index (χ4v) is 1.63. The Bertz CT molecular complexity index is 343. The van der Waals surface area contributed by atoms with Crippen LogP contribution in [0.25, 0.3) is 5.57 Å². The van der Waals surface area contributed by atoms with Crippen LogP contribution >= 0.6 is 0 Å². The van der Waals surface area contributed by atoms with Crippen LogP contribution in [0.2, 0.25) is 0 Å². The van der Waals surface area contributed by atoms with E-state index >= 15 is 0 Å². The minimum Gasteiger partial charge on any atom is -0.0871 e. The molecular formula is C14H18. The van der Waals surface area contributed by atoms with Crippen molar-refractivity contribution in [3.05, 3.63) is 53.6 Å². The first-order valence-electron chi connectivity index (χ1n) is 5.20. The van der Waals surface area contributed by atoms with Crippen molar-refractivity contribution in [2.75, 3.05) is 0 Å². The van der Waals surface area contributed by atoms with Crippen molar-refractivity contribution < 1.29 is 0 Å². The van der Waals surface area contributed by atoms with Gasteiger partial charge in [0.15, 0.2) is 0 Å². The molecule has 1 aromatic rings. The van der Waals surface area contributed by atoms with Crippen LogP contribution in [0.5, 0.6) is 0 Å². The largest absolute Gasteiger partial charge is 0.0871 e. The molecule has 0 N–H and O–H groups in total. The second-order valence-electron chi connectivity index (χ2n) is 3.25. The predicted octanol–water partition coefficient (Wildman–Crippen LogP) is 4.23. The van der Waals surface area contributed by atoms with Gasteiger partial charge in [-0.25, -0.2) is 0 Å². The van der Waals surface area contributed by atoms with Gasteiger partial charge in [-0.3, -0.25) is 0 Å². The summed E-state index contributed by atoms with van der Waals surface area (Å²) in [4.78, 5) is 0. The monoisotopic (exact) mass is 186 g/mol. The average Bonchev–Trinajstić information content (AvgIpc) is 2.26. The first kappa shape index (κ1) is 10.8. The lowest BCUT2D eigenvalue weighted by atomic mass is 9.97. The Balaban J connectivity index is 3.16. The predicted molar refractivity (Wildman–Crippen MR) is 64.3 cm³/mol. The van der Waals surface area contributed by atoms with E-state index < -0.39 is 0 Å². The van der Waals surface area contributed by atoms with Gasteiger partial charge in [-0.15, -0.1) is 0 Å². The molecule has 0 nitrogen and oxygen atoms in total. The minimum absolute atomic E-state index is 1.09. The molecule has 0 bridgehead atoms. The van der Waals surface area contributed by atoms with Crippen LogP contribution in [0, 0.1) is 0 Å². The zero-order chi connectivity index (χ0) is 10.4. The summed E-state index contributed by atoms with van der Waals surface area (Å²) in [5, 5.41) is 0. The third-order valence-electron chi connectivity index (χ3n) is 2.37. The van der Waals surface area contributed by atoms with Crippen LogP contribution in [0.1, 0.15) is 31.9 Å². The first-order chi connectivity index (χ1) is 6.83. The SMILES string of the molecule is C/C=C\C(=C/C)c1ccccc1CC. The summed E-state index contributed by atoms with van der Waals surface area (Å²) in [5.41, 5.74) is 4.08. The normalized spacial score (nSPS) is 12.4. The van der Waals surface area contributed by atoms with Crippen molar-refractivity contribution >= 4 is 5.57 Å². The molecule has 0 aromatic heterocycles. The summed E-state index contributed by atoms with van der Waals surface area (Å²) in [5.74, 6) is 0. The Hall–Kier alpha value is -1.30. The first-order valence-corrected chi connectivity index (χ1v) is 5.20. The van der Waals surface area contributed by atoms with E-state index in [1.807, 2.05) is 0 Å². The van der Waals surface area contributed by atoms with E-state index in [-0.39, 0.29) is 0 Å². The van der Waals surface area contributed by atoms with Crippen LogP contribution in [0.4, 0.5) is 0 Å². The molecule has 1 aromatic carbocycles. The summed E-state index contributed by atoms with van der Waals surface area (Å²) >= 11 is 0. The highest BCUT2D eigenvalue weighted by Crippen LogP contribution is 2.20. The van der Waals surface area contributed by atoms with Gasteiger partial charge < -0.3 is 0 Å². The number of aryl methyl sites for hydroxylation is 1. The number of hydrogen-bond donors (Lipinski definition) is 0. The Morgan fingerprint density at radius 1 is 1.21 bits per heavy atom. The van der Waals surface area contributed by atoms with Gasteiger partial charge in [0.05, 0.1) is 0 Å². The molecule has 14 heavy (non-hydrogen) atoms. The molecule has 0 amide bonds. The lowest BCUT2D eigenvalue weighted by Crippen LogP contribution is -1.89. The van der Waals surface area contributed by atoms with Crippen LogP contribution in [0.15, 0.2) is 42.5 Å². The number of benzene rings is 1. The molecule has 0 fully saturated rings. The van der Waals surface area contributed by atoms with Crippen molar-refractivity contribution in [2.45, 2.75) is 27.2 Å². The molecule has 0 spiro atoms. The second kappa shape index (κ2) is 5.43. The summed E-state index contributed by atoms with van der Waals surface area (Å²) in [6.07, 6.45) is 7.50. The van der Waals surface area contributed by atoms with Crippen molar-refractivity contribution in [1.29, 1.82) is 0 Å². The molecule has 0 saturated heterocycles. The molecule has 74 valence electrons. The van der Waals surface area contributed by atoms with E-state index in [1.54, 1.807) is 0 Å². The molecule has 0 aliphatic heterocycles.